The summed E-state index contributed by atoms with van der Waals surface area (Å²) >= 11 is 0. The summed E-state index contributed by atoms with van der Waals surface area (Å²) in [5.74, 6) is 1.55. The Labute approximate surface area is 194 Å². The first kappa shape index (κ1) is 21.8. The average Bonchev–Trinajstić information content (AvgIpc) is 3.53. The van der Waals surface area contributed by atoms with Gasteiger partial charge in [-0.2, -0.15) is 4.98 Å². The van der Waals surface area contributed by atoms with Gasteiger partial charge in [0.2, 0.25) is 5.91 Å². The molecule has 0 bridgehead atoms. The number of carbonyl (C=O) groups is 1. The number of hydrogen-bond acceptors (Lipinski definition) is 7. The maximum atomic E-state index is 12.4. The molecule has 4 heterocycles. The van der Waals surface area contributed by atoms with E-state index in [4.69, 9.17) is 9.51 Å². The highest BCUT2D eigenvalue weighted by molar-refractivity contribution is 5.98. The van der Waals surface area contributed by atoms with Crippen molar-refractivity contribution < 1.29 is 9.32 Å². The lowest BCUT2D eigenvalue weighted by molar-refractivity contribution is -0.121. The largest absolute Gasteiger partial charge is 0.356 e. The molecule has 0 saturated carbocycles. The molecule has 3 aromatic rings. The van der Waals surface area contributed by atoms with Gasteiger partial charge in [0.25, 0.3) is 5.71 Å². The molecule has 5 rings (SSSR count). The molecule has 1 N–H and O–H groups in total. The minimum atomic E-state index is 0.0416. The zero-order chi connectivity index (χ0) is 22.5. The SMILES string of the molecule is O=C(CCc1nc(N2CCCCC2)c2c(-c3ccccc3)noc2n1)NCCN1CCCC1. The molecule has 1 amide bonds. The third kappa shape index (κ3) is 5.16. The first-order valence-electron chi connectivity index (χ1n) is 12.2. The van der Waals surface area contributed by atoms with Gasteiger partial charge in [-0.3, -0.25) is 4.79 Å². The van der Waals surface area contributed by atoms with Crippen molar-refractivity contribution in [2.75, 3.05) is 44.2 Å². The first-order valence-corrected chi connectivity index (χ1v) is 12.2. The van der Waals surface area contributed by atoms with Gasteiger partial charge in [-0.15, -0.1) is 0 Å². The Hall–Kier alpha value is -3.00. The van der Waals surface area contributed by atoms with E-state index in [0.717, 1.165) is 68.0 Å². The Balaban J connectivity index is 1.33. The lowest BCUT2D eigenvalue weighted by Crippen LogP contribution is -2.33. The standard InChI is InChI=1S/C25H32N6O2/c32-21(26-13-18-30-14-7-8-15-30)12-11-20-27-24(31-16-5-2-6-17-31)22-23(29-33-25(22)28-20)19-9-3-1-4-10-19/h1,3-4,9-10H,2,5-8,11-18H2,(H,26,32). The molecule has 8 heteroatoms. The Bertz CT molecular complexity index is 1070. The molecule has 33 heavy (non-hydrogen) atoms. The zero-order valence-corrected chi connectivity index (χ0v) is 19.1. The van der Waals surface area contributed by atoms with Crippen LogP contribution in [0.1, 0.15) is 44.3 Å². The van der Waals surface area contributed by atoms with Crippen molar-refractivity contribution >= 4 is 22.8 Å². The second kappa shape index (κ2) is 10.3. The van der Waals surface area contributed by atoms with Gasteiger partial charge < -0.3 is 19.6 Å². The second-order valence-corrected chi connectivity index (χ2v) is 8.99. The van der Waals surface area contributed by atoms with Gasteiger partial charge in [0.05, 0.1) is 0 Å². The molecule has 0 atom stereocenters. The molecule has 0 unspecified atom stereocenters. The topological polar surface area (TPSA) is 87.4 Å². The van der Waals surface area contributed by atoms with E-state index in [1.54, 1.807) is 0 Å². The van der Waals surface area contributed by atoms with E-state index >= 15 is 0 Å². The molecule has 0 radical (unpaired) electrons. The molecule has 0 aliphatic carbocycles. The van der Waals surface area contributed by atoms with Crippen LogP contribution < -0.4 is 10.2 Å². The van der Waals surface area contributed by atoms with E-state index in [-0.39, 0.29) is 5.91 Å². The summed E-state index contributed by atoms with van der Waals surface area (Å²) in [6.45, 7) is 5.83. The van der Waals surface area contributed by atoms with Gasteiger partial charge >= 0.3 is 0 Å². The number of amides is 1. The Morgan fingerprint density at radius 3 is 2.52 bits per heavy atom. The number of fused-ring (bicyclic) bond motifs is 1. The summed E-state index contributed by atoms with van der Waals surface area (Å²) in [7, 11) is 0. The van der Waals surface area contributed by atoms with Crippen molar-refractivity contribution in [1.29, 1.82) is 0 Å². The number of nitrogens with zero attached hydrogens (tertiary/aromatic N) is 5. The van der Waals surface area contributed by atoms with Gasteiger partial charge in [0, 0.05) is 44.6 Å². The van der Waals surface area contributed by atoms with Gasteiger partial charge in [-0.05, 0) is 45.2 Å². The molecule has 2 aliphatic rings. The van der Waals surface area contributed by atoms with Crippen LogP contribution in [0.15, 0.2) is 34.9 Å². The number of aromatic nitrogens is 3. The van der Waals surface area contributed by atoms with Crippen LogP contribution in [0.25, 0.3) is 22.4 Å². The van der Waals surface area contributed by atoms with E-state index in [2.05, 4.69) is 25.3 Å². The number of nitrogens with one attached hydrogen (secondary N) is 1. The third-order valence-electron chi connectivity index (χ3n) is 6.59. The molecule has 0 spiro atoms. The fourth-order valence-electron chi connectivity index (χ4n) is 4.79. The Morgan fingerprint density at radius 2 is 1.73 bits per heavy atom. The van der Waals surface area contributed by atoms with E-state index in [1.807, 2.05) is 30.3 Å². The predicted molar refractivity (Wildman–Crippen MR) is 128 cm³/mol. The van der Waals surface area contributed by atoms with Crippen LogP contribution in [0.4, 0.5) is 5.82 Å². The normalized spacial score (nSPS) is 17.0. The summed E-state index contributed by atoms with van der Waals surface area (Å²) in [5.41, 5.74) is 2.26. The van der Waals surface area contributed by atoms with Crippen LogP contribution in [-0.2, 0) is 11.2 Å². The van der Waals surface area contributed by atoms with Crippen LogP contribution in [0.5, 0.6) is 0 Å². The van der Waals surface area contributed by atoms with E-state index in [1.165, 1.54) is 19.3 Å². The Morgan fingerprint density at radius 1 is 0.970 bits per heavy atom. The van der Waals surface area contributed by atoms with Gasteiger partial charge in [-0.25, -0.2) is 4.98 Å². The summed E-state index contributed by atoms with van der Waals surface area (Å²) < 4.78 is 5.67. The monoisotopic (exact) mass is 448 g/mol. The number of aryl methyl sites for hydroxylation is 1. The van der Waals surface area contributed by atoms with Crippen LogP contribution >= 0.6 is 0 Å². The van der Waals surface area contributed by atoms with Crippen molar-refractivity contribution in [2.45, 2.75) is 44.9 Å². The first-order chi connectivity index (χ1) is 16.3. The number of hydrogen-bond donors (Lipinski definition) is 1. The maximum Gasteiger partial charge on any atom is 0.263 e. The number of carbonyl (C=O) groups excluding carboxylic acids is 1. The molecular weight excluding hydrogens is 416 g/mol. The number of rotatable bonds is 8. The molecule has 1 aromatic carbocycles. The molecule has 2 aliphatic heterocycles. The maximum absolute atomic E-state index is 12.4. The van der Waals surface area contributed by atoms with Crippen molar-refractivity contribution in [3.8, 4) is 11.3 Å². The third-order valence-corrected chi connectivity index (χ3v) is 6.59. The number of piperidine rings is 1. The lowest BCUT2D eigenvalue weighted by Gasteiger charge is -2.28. The molecular formula is C25H32N6O2. The fourth-order valence-corrected chi connectivity index (χ4v) is 4.79. The number of benzene rings is 1. The van der Waals surface area contributed by atoms with Crippen molar-refractivity contribution in [3.05, 3.63) is 36.2 Å². The minimum Gasteiger partial charge on any atom is -0.356 e. The molecule has 8 nitrogen and oxygen atoms in total. The Kier molecular flexibility index (Phi) is 6.81. The van der Waals surface area contributed by atoms with Crippen LogP contribution in [-0.4, -0.2) is 65.2 Å². The number of anilines is 1. The minimum absolute atomic E-state index is 0.0416. The summed E-state index contributed by atoms with van der Waals surface area (Å²) in [4.78, 5) is 26.7. The van der Waals surface area contributed by atoms with Crippen LogP contribution in [0, 0.1) is 0 Å². The lowest BCUT2D eigenvalue weighted by atomic mass is 10.1. The molecule has 174 valence electrons. The highest BCUT2D eigenvalue weighted by Gasteiger charge is 2.24. The van der Waals surface area contributed by atoms with Crippen LogP contribution in [0.3, 0.4) is 0 Å². The predicted octanol–water partition coefficient (Wildman–Crippen LogP) is 3.42. The van der Waals surface area contributed by atoms with E-state index in [0.29, 0.717) is 30.9 Å². The van der Waals surface area contributed by atoms with Gasteiger partial charge in [-0.1, -0.05) is 35.5 Å². The molecule has 2 fully saturated rings. The fraction of sp³-hybridized carbons (Fsp3) is 0.520. The molecule has 2 aromatic heterocycles. The van der Waals surface area contributed by atoms with Gasteiger partial charge in [0.1, 0.15) is 22.7 Å². The van der Waals surface area contributed by atoms with Crippen molar-refractivity contribution in [2.24, 2.45) is 0 Å². The highest BCUT2D eigenvalue weighted by Crippen LogP contribution is 2.34. The van der Waals surface area contributed by atoms with E-state index in [9.17, 15) is 4.79 Å². The zero-order valence-electron chi connectivity index (χ0n) is 19.1. The van der Waals surface area contributed by atoms with E-state index < -0.39 is 0 Å². The van der Waals surface area contributed by atoms with Gasteiger partial charge in [0.15, 0.2) is 0 Å². The summed E-state index contributed by atoms with van der Waals surface area (Å²) in [6, 6.07) is 10.0. The average molecular weight is 449 g/mol. The number of likely N-dealkylation sites (tertiary alicyclic amines) is 1. The quantitative estimate of drug-likeness (QED) is 0.565. The van der Waals surface area contributed by atoms with Crippen molar-refractivity contribution in [1.82, 2.24) is 25.3 Å². The van der Waals surface area contributed by atoms with Crippen molar-refractivity contribution in [3.63, 3.8) is 0 Å². The highest BCUT2D eigenvalue weighted by atomic mass is 16.5. The van der Waals surface area contributed by atoms with Crippen LogP contribution in [0.2, 0.25) is 0 Å². The molecule has 2 saturated heterocycles. The summed E-state index contributed by atoms with van der Waals surface area (Å²) in [6.07, 6.45) is 6.91. The summed E-state index contributed by atoms with van der Waals surface area (Å²) in [5, 5.41) is 8.25. The second-order valence-electron chi connectivity index (χ2n) is 8.99. The smallest absolute Gasteiger partial charge is 0.263 e.